The van der Waals surface area contributed by atoms with Crippen LogP contribution in [0, 0.1) is 12.8 Å². The second-order valence-electron chi connectivity index (χ2n) is 9.19. The van der Waals surface area contributed by atoms with E-state index in [9.17, 15) is 0 Å². The fraction of sp³-hybridized carbons (Fsp3) is 0.625. The summed E-state index contributed by atoms with van der Waals surface area (Å²) in [6, 6.07) is 10.4. The predicted molar refractivity (Wildman–Crippen MR) is 122 cm³/mol. The van der Waals surface area contributed by atoms with Crippen LogP contribution in [-0.4, -0.2) is 64.5 Å². The second kappa shape index (κ2) is 9.82. The molecule has 6 heteroatoms. The Hall–Kier alpha value is -1.40. The number of likely N-dealkylation sites (tertiary alicyclic amines) is 1. The van der Waals surface area contributed by atoms with E-state index in [1.165, 1.54) is 30.5 Å². The third kappa shape index (κ3) is 5.44. The van der Waals surface area contributed by atoms with Crippen molar-refractivity contribution in [2.45, 2.75) is 58.9 Å². The number of aromatic nitrogens is 2. The van der Waals surface area contributed by atoms with Crippen LogP contribution in [-0.2, 0) is 17.8 Å². The molecule has 2 aliphatic heterocycles. The van der Waals surface area contributed by atoms with Crippen LogP contribution in [0.2, 0.25) is 5.15 Å². The van der Waals surface area contributed by atoms with E-state index in [1.807, 2.05) is 10.7 Å². The van der Waals surface area contributed by atoms with E-state index < -0.39 is 0 Å². The molecule has 1 aromatic heterocycles. The van der Waals surface area contributed by atoms with Crippen molar-refractivity contribution in [3.05, 3.63) is 52.3 Å². The molecule has 0 amide bonds. The summed E-state index contributed by atoms with van der Waals surface area (Å²) < 4.78 is 7.82. The lowest BCUT2D eigenvalue weighted by molar-refractivity contribution is -0.0732. The number of benzene rings is 1. The molecule has 3 heterocycles. The minimum Gasteiger partial charge on any atom is -0.373 e. The maximum absolute atomic E-state index is 6.74. The van der Waals surface area contributed by atoms with Crippen molar-refractivity contribution < 1.29 is 4.74 Å². The van der Waals surface area contributed by atoms with Crippen molar-refractivity contribution in [2.24, 2.45) is 5.92 Å². The molecule has 1 aromatic carbocycles. The highest BCUT2D eigenvalue weighted by Gasteiger charge is 2.27. The number of hydrogen-bond donors (Lipinski definition) is 0. The fourth-order valence-electron chi connectivity index (χ4n) is 4.98. The van der Waals surface area contributed by atoms with Crippen molar-refractivity contribution in [3.63, 3.8) is 0 Å². The first-order chi connectivity index (χ1) is 14.5. The Balaban J connectivity index is 1.30. The lowest BCUT2D eigenvalue weighted by Crippen LogP contribution is -2.48. The monoisotopic (exact) mass is 430 g/mol. The number of aryl methyl sites for hydroxylation is 1. The normalized spacial score (nSPS) is 24.4. The van der Waals surface area contributed by atoms with Crippen LogP contribution in [0.5, 0.6) is 0 Å². The highest BCUT2D eigenvalue weighted by Crippen LogP contribution is 2.26. The molecule has 4 rings (SSSR count). The number of halogens is 1. The Bertz CT molecular complexity index is 806. The van der Waals surface area contributed by atoms with Crippen molar-refractivity contribution in [3.8, 4) is 0 Å². The lowest BCUT2D eigenvalue weighted by Gasteiger charge is -2.39. The molecule has 0 saturated carbocycles. The van der Waals surface area contributed by atoms with Gasteiger partial charge >= 0.3 is 0 Å². The van der Waals surface area contributed by atoms with E-state index in [0.717, 1.165) is 56.0 Å². The maximum atomic E-state index is 6.74. The van der Waals surface area contributed by atoms with Gasteiger partial charge < -0.3 is 4.74 Å². The summed E-state index contributed by atoms with van der Waals surface area (Å²) in [7, 11) is 0. The SMILES string of the molecule is Cc1nn(Cc2ccccc2)c(Cl)c1CN1CCC(CN2CC(C)OC(C)C2)CC1. The molecule has 0 aliphatic carbocycles. The third-order valence-corrected chi connectivity index (χ3v) is 6.88. The van der Waals surface area contributed by atoms with Gasteiger partial charge in [0.1, 0.15) is 5.15 Å². The van der Waals surface area contributed by atoms with Crippen molar-refractivity contribution in [1.82, 2.24) is 19.6 Å². The van der Waals surface area contributed by atoms with E-state index >= 15 is 0 Å². The summed E-state index contributed by atoms with van der Waals surface area (Å²) in [5.41, 5.74) is 3.46. The average Bonchev–Trinajstić information content (AvgIpc) is 2.97. The molecule has 2 fully saturated rings. The van der Waals surface area contributed by atoms with Crippen molar-refractivity contribution in [1.29, 1.82) is 0 Å². The Morgan fingerprint density at radius 2 is 1.67 bits per heavy atom. The van der Waals surface area contributed by atoms with Crippen LogP contribution in [0.1, 0.15) is 43.5 Å². The molecule has 0 N–H and O–H groups in total. The van der Waals surface area contributed by atoms with Crippen LogP contribution in [0.3, 0.4) is 0 Å². The minimum atomic E-state index is 0.353. The van der Waals surface area contributed by atoms with Gasteiger partial charge in [0.25, 0.3) is 0 Å². The van der Waals surface area contributed by atoms with Gasteiger partial charge in [0.2, 0.25) is 0 Å². The van der Waals surface area contributed by atoms with Gasteiger partial charge in [-0.15, -0.1) is 0 Å². The van der Waals surface area contributed by atoms with Crippen LogP contribution in [0.25, 0.3) is 0 Å². The largest absolute Gasteiger partial charge is 0.373 e. The molecular weight excluding hydrogens is 396 g/mol. The topological polar surface area (TPSA) is 33.5 Å². The molecule has 2 unspecified atom stereocenters. The predicted octanol–water partition coefficient (Wildman–Crippen LogP) is 4.21. The minimum absolute atomic E-state index is 0.353. The van der Waals surface area contributed by atoms with Gasteiger partial charge in [0.15, 0.2) is 0 Å². The van der Waals surface area contributed by atoms with Crippen LogP contribution in [0.15, 0.2) is 30.3 Å². The van der Waals surface area contributed by atoms with Gasteiger partial charge in [-0.25, -0.2) is 4.68 Å². The first-order valence-corrected chi connectivity index (χ1v) is 11.7. The first-order valence-electron chi connectivity index (χ1n) is 11.3. The van der Waals surface area contributed by atoms with E-state index in [4.69, 9.17) is 21.4 Å². The standard InChI is InChI=1S/C24H35ClN4O/c1-18-13-28(14-19(2)30-18)15-22-9-11-27(12-10-22)17-23-20(3)26-29(24(23)25)16-21-7-5-4-6-8-21/h4-8,18-19,22H,9-17H2,1-3H3. The molecule has 0 radical (unpaired) electrons. The fourth-order valence-corrected chi connectivity index (χ4v) is 5.27. The summed E-state index contributed by atoms with van der Waals surface area (Å²) in [4.78, 5) is 5.15. The van der Waals surface area contributed by atoms with Crippen molar-refractivity contribution >= 4 is 11.6 Å². The molecule has 30 heavy (non-hydrogen) atoms. The van der Waals surface area contributed by atoms with Gasteiger partial charge in [-0.2, -0.15) is 5.10 Å². The van der Waals surface area contributed by atoms with E-state index in [2.05, 4.69) is 54.8 Å². The lowest BCUT2D eigenvalue weighted by atomic mass is 9.95. The number of rotatable bonds is 6. The number of piperidine rings is 1. The zero-order chi connectivity index (χ0) is 21.1. The number of hydrogen-bond acceptors (Lipinski definition) is 4. The Morgan fingerprint density at radius 3 is 2.33 bits per heavy atom. The van der Waals surface area contributed by atoms with Gasteiger partial charge in [-0.05, 0) is 58.2 Å². The highest BCUT2D eigenvalue weighted by atomic mass is 35.5. The number of ether oxygens (including phenoxy) is 1. The second-order valence-corrected chi connectivity index (χ2v) is 9.55. The summed E-state index contributed by atoms with van der Waals surface area (Å²) in [6.07, 6.45) is 3.22. The van der Waals surface area contributed by atoms with Crippen LogP contribution >= 0.6 is 11.6 Å². The van der Waals surface area contributed by atoms with Crippen LogP contribution < -0.4 is 0 Å². The molecule has 164 valence electrons. The number of morpholine rings is 1. The summed E-state index contributed by atoms with van der Waals surface area (Å²) in [6.45, 7) is 13.7. The van der Waals surface area contributed by atoms with E-state index in [0.29, 0.717) is 12.2 Å². The zero-order valence-electron chi connectivity index (χ0n) is 18.6. The molecule has 2 saturated heterocycles. The zero-order valence-corrected chi connectivity index (χ0v) is 19.3. The Kier molecular flexibility index (Phi) is 7.14. The van der Waals surface area contributed by atoms with E-state index in [1.54, 1.807) is 0 Å². The molecule has 0 bridgehead atoms. The Morgan fingerprint density at radius 1 is 1.00 bits per heavy atom. The van der Waals surface area contributed by atoms with E-state index in [-0.39, 0.29) is 0 Å². The Labute approximate surface area is 185 Å². The molecule has 2 aliphatic rings. The first kappa shape index (κ1) is 21.8. The van der Waals surface area contributed by atoms with Gasteiger partial charge in [0.05, 0.1) is 24.4 Å². The molecule has 2 aromatic rings. The summed E-state index contributed by atoms with van der Waals surface area (Å²) >= 11 is 6.74. The van der Waals surface area contributed by atoms with Gasteiger partial charge in [-0.1, -0.05) is 41.9 Å². The highest BCUT2D eigenvalue weighted by molar-refractivity contribution is 6.30. The molecular formula is C24H35ClN4O. The molecule has 5 nitrogen and oxygen atoms in total. The maximum Gasteiger partial charge on any atom is 0.132 e. The van der Waals surface area contributed by atoms with Gasteiger partial charge in [0, 0.05) is 31.7 Å². The molecule has 0 spiro atoms. The third-order valence-electron chi connectivity index (χ3n) is 6.46. The number of nitrogens with zero attached hydrogens (tertiary/aromatic N) is 4. The van der Waals surface area contributed by atoms with Crippen LogP contribution in [0.4, 0.5) is 0 Å². The molecule has 2 atom stereocenters. The van der Waals surface area contributed by atoms with Gasteiger partial charge in [-0.3, -0.25) is 9.80 Å². The average molecular weight is 431 g/mol. The smallest absolute Gasteiger partial charge is 0.132 e. The quantitative estimate of drug-likeness (QED) is 0.687. The summed E-state index contributed by atoms with van der Waals surface area (Å²) in [5, 5.41) is 5.50. The van der Waals surface area contributed by atoms with Crippen molar-refractivity contribution in [2.75, 3.05) is 32.7 Å². The summed E-state index contributed by atoms with van der Waals surface area (Å²) in [5.74, 6) is 0.788.